The molecule has 0 aliphatic carbocycles. The molecule has 0 saturated heterocycles. The smallest absolute Gasteiger partial charge is 0.288 e. The molecule has 0 radical (unpaired) electrons. The highest BCUT2D eigenvalue weighted by Crippen LogP contribution is 2.21. The van der Waals surface area contributed by atoms with Gasteiger partial charge >= 0.3 is 0 Å². The topological polar surface area (TPSA) is 34.1 Å². The standard InChI is InChI=1S/C8H4O2S2/c9-4-5-1-2-6-7(3-5)12-8(10)11-6/h1-4H. The Labute approximate surface area is 76.1 Å². The number of carbonyl (C=O) groups is 1. The first-order valence-corrected chi connectivity index (χ1v) is 4.92. The first-order valence-electron chi connectivity index (χ1n) is 3.28. The van der Waals surface area contributed by atoms with Gasteiger partial charge in [0.05, 0.1) is 0 Å². The van der Waals surface area contributed by atoms with E-state index in [1.54, 1.807) is 12.1 Å². The lowest BCUT2D eigenvalue weighted by molar-refractivity contribution is 0.112. The third kappa shape index (κ3) is 1.19. The molecule has 60 valence electrons. The highest BCUT2D eigenvalue weighted by molar-refractivity contribution is 7.35. The van der Waals surface area contributed by atoms with E-state index in [2.05, 4.69) is 0 Å². The first kappa shape index (κ1) is 7.64. The second-order valence-corrected chi connectivity index (χ2v) is 4.57. The lowest BCUT2D eigenvalue weighted by Gasteiger charge is -1.87. The molecular formula is C8H4O2S2. The Morgan fingerprint density at radius 1 is 1.17 bits per heavy atom. The maximum atomic E-state index is 10.9. The fourth-order valence-corrected chi connectivity index (χ4v) is 2.94. The number of rotatable bonds is 1. The summed E-state index contributed by atoms with van der Waals surface area (Å²) in [7, 11) is 0. The van der Waals surface area contributed by atoms with Gasteiger partial charge in [-0.25, -0.2) is 0 Å². The third-order valence-electron chi connectivity index (χ3n) is 1.49. The summed E-state index contributed by atoms with van der Waals surface area (Å²) in [4.78, 5) is 21.3. The normalized spacial score (nSPS) is 10.3. The van der Waals surface area contributed by atoms with E-state index in [0.29, 0.717) is 5.56 Å². The van der Waals surface area contributed by atoms with Crippen molar-refractivity contribution in [1.82, 2.24) is 0 Å². The molecule has 0 spiro atoms. The van der Waals surface area contributed by atoms with Crippen molar-refractivity contribution in [2.24, 2.45) is 0 Å². The lowest BCUT2D eigenvalue weighted by atomic mass is 10.2. The summed E-state index contributed by atoms with van der Waals surface area (Å²) in [6.45, 7) is 0. The van der Waals surface area contributed by atoms with Crippen LogP contribution in [0.15, 0.2) is 23.0 Å². The molecular weight excluding hydrogens is 192 g/mol. The number of carbonyl (C=O) groups excluding carboxylic acids is 1. The van der Waals surface area contributed by atoms with E-state index in [1.165, 1.54) is 22.7 Å². The van der Waals surface area contributed by atoms with Gasteiger partial charge in [0.2, 0.25) is 0 Å². The quantitative estimate of drug-likeness (QED) is 0.655. The highest BCUT2D eigenvalue weighted by Gasteiger charge is 1.99. The molecule has 0 aliphatic heterocycles. The van der Waals surface area contributed by atoms with Gasteiger partial charge in [-0.3, -0.25) is 9.59 Å². The van der Waals surface area contributed by atoms with Crippen LogP contribution in [0.25, 0.3) is 9.40 Å². The van der Waals surface area contributed by atoms with Crippen LogP contribution in [0.2, 0.25) is 0 Å². The van der Waals surface area contributed by atoms with E-state index in [-0.39, 0.29) is 4.06 Å². The Hall–Kier alpha value is -1.00. The Bertz CT molecular complexity index is 481. The van der Waals surface area contributed by atoms with Crippen molar-refractivity contribution in [2.75, 3.05) is 0 Å². The Morgan fingerprint density at radius 3 is 2.67 bits per heavy atom. The Kier molecular flexibility index (Phi) is 1.78. The molecule has 4 heteroatoms. The first-order chi connectivity index (χ1) is 5.79. The fraction of sp³-hybridized carbons (Fsp3) is 0. The Balaban J connectivity index is 2.82. The van der Waals surface area contributed by atoms with Gasteiger partial charge in [-0.2, -0.15) is 0 Å². The van der Waals surface area contributed by atoms with Gasteiger partial charge in [-0.15, -0.1) is 0 Å². The molecule has 0 aliphatic rings. The number of hydrogen-bond acceptors (Lipinski definition) is 4. The van der Waals surface area contributed by atoms with Crippen molar-refractivity contribution in [1.29, 1.82) is 0 Å². The molecule has 2 nitrogen and oxygen atoms in total. The average molecular weight is 196 g/mol. The molecule has 1 aromatic carbocycles. The van der Waals surface area contributed by atoms with Gasteiger partial charge in [0, 0.05) is 15.0 Å². The van der Waals surface area contributed by atoms with Crippen LogP contribution in [0.3, 0.4) is 0 Å². The maximum absolute atomic E-state index is 10.9. The molecule has 12 heavy (non-hydrogen) atoms. The minimum Gasteiger partial charge on any atom is -0.298 e. The molecule has 0 fully saturated rings. The average Bonchev–Trinajstić information content (AvgIpc) is 2.43. The summed E-state index contributed by atoms with van der Waals surface area (Å²) in [5.41, 5.74) is 0.622. The summed E-state index contributed by atoms with van der Waals surface area (Å²) >= 11 is 2.40. The van der Waals surface area contributed by atoms with Crippen LogP contribution in [0.5, 0.6) is 0 Å². The zero-order chi connectivity index (χ0) is 8.55. The molecule has 0 amide bonds. The van der Waals surface area contributed by atoms with E-state index < -0.39 is 0 Å². The van der Waals surface area contributed by atoms with E-state index in [0.717, 1.165) is 15.7 Å². The van der Waals surface area contributed by atoms with Crippen molar-refractivity contribution in [3.05, 3.63) is 32.6 Å². The Morgan fingerprint density at radius 2 is 1.92 bits per heavy atom. The van der Waals surface area contributed by atoms with E-state index in [4.69, 9.17) is 0 Å². The van der Waals surface area contributed by atoms with Crippen LogP contribution >= 0.6 is 22.7 Å². The predicted octanol–water partition coefficient (Wildman–Crippen LogP) is 2.14. The van der Waals surface area contributed by atoms with Gasteiger partial charge in [-0.1, -0.05) is 28.7 Å². The number of aldehydes is 1. The zero-order valence-corrected chi connectivity index (χ0v) is 7.58. The monoisotopic (exact) mass is 196 g/mol. The number of fused-ring (bicyclic) bond motifs is 1. The highest BCUT2D eigenvalue weighted by atomic mass is 32.2. The van der Waals surface area contributed by atoms with Gasteiger partial charge in [0.25, 0.3) is 4.06 Å². The SMILES string of the molecule is O=Cc1ccc2sc(=O)sc2c1. The summed E-state index contributed by atoms with van der Waals surface area (Å²) in [6.07, 6.45) is 0.786. The predicted molar refractivity (Wildman–Crippen MR) is 51.4 cm³/mol. The second kappa shape index (κ2) is 2.80. The molecule has 2 rings (SSSR count). The van der Waals surface area contributed by atoms with Crippen molar-refractivity contribution < 1.29 is 4.79 Å². The van der Waals surface area contributed by atoms with Gasteiger partial charge in [0.15, 0.2) is 0 Å². The summed E-state index contributed by atoms with van der Waals surface area (Å²) in [5, 5.41) is 0. The minimum atomic E-state index is 0.0769. The largest absolute Gasteiger partial charge is 0.298 e. The van der Waals surface area contributed by atoms with Gasteiger partial charge < -0.3 is 0 Å². The molecule has 0 saturated carbocycles. The molecule has 1 heterocycles. The summed E-state index contributed by atoms with van der Waals surface area (Å²) in [6, 6.07) is 5.27. The molecule has 0 unspecified atom stereocenters. The van der Waals surface area contributed by atoms with Crippen LogP contribution in [0.4, 0.5) is 0 Å². The van der Waals surface area contributed by atoms with Gasteiger partial charge in [0.1, 0.15) is 6.29 Å². The number of benzene rings is 1. The van der Waals surface area contributed by atoms with Gasteiger partial charge in [-0.05, 0) is 12.1 Å². The molecule has 1 aromatic heterocycles. The molecule has 0 atom stereocenters. The summed E-state index contributed by atoms with van der Waals surface area (Å²) < 4.78 is 1.93. The van der Waals surface area contributed by atoms with Crippen LogP contribution in [0.1, 0.15) is 10.4 Å². The van der Waals surface area contributed by atoms with E-state index >= 15 is 0 Å². The second-order valence-electron chi connectivity index (χ2n) is 2.28. The lowest BCUT2D eigenvalue weighted by Crippen LogP contribution is -1.75. The van der Waals surface area contributed by atoms with Crippen LogP contribution in [-0.4, -0.2) is 6.29 Å². The van der Waals surface area contributed by atoms with Crippen LogP contribution in [-0.2, 0) is 0 Å². The van der Waals surface area contributed by atoms with E-state index in [9.17, 15) is 9.59 Å². The maximum Gasteiger partial charge on any atom is 0.288 e. The molecule has 0 bridgehead atoms. The summed E-state index contributed by atoms with van der Waals surface area (Å²) in [5.74, 6) is 0. The van der Waals surface area contributed by atoms with Crippen molar-refractivity contribution in [2.45, 2.75) is 0 Å². The van der Waals surface area contributed by atoms with E-state index in [1.807, 2.05) is 6.07 Å². The van der Waals surface area contributed by atoms with Crippen molar-refractivity contribution >= 4 is 38.4 Å². The molecule has 2 aromatic rings. The van der Waals surface area contributed by atoms with Crippen molar-refractivity contribution in [3.8, 4) is 0 Å². The minimum absolute atomic E-state index is 0.0769. The number of hydrogen-bond donors (Lipinski definition) is 0. The van der Waals surface area contributed by atoms with Crippen LogP contribution < -0.4 is 4.06 Å². The molecule has 0 N–H and O–H groups in total. The zero-order valence-electron chi connectivity index (χ0n) is 5.94. The third-order valence-corrected chi connectivity index (χ3v) is 3.59. The van der Waals surface area contributed by atoms with Crippen LogP contribution in [0, 0.1) is 0 Å². The van der Waals surface area contributed by atoms with Crippen molar-refractivity contribution in [3.63, 3.8) is 0 Å². The fourth-order valence-electron chi connectivity index (χ4n) is 0.962.